The van der Waals surface area contributed by atoms with Crippen LogP contribution in [0.3, 0.4) is 0 Å². The summed E-state index contributed by atoms with van der Waals surface area (Å²) in [4.78, 5) is 13.3. The van der Waals surface area contributed by atoms with E-state index in [-0.39, 0.29) is 23.0 Å². The van der Waals surface area contributed by atoms with Gasteiger partial charge in [-0.05, 0) is 61.1 Å². The molecule has 3 rings (SSSR count). The number of amides is 1. The number of benzene rings is 3. The van der Waals surface area contributed by atoms with Crippen LogP contribution in [0.15, 0.2) is 71.6 Å². The predicted molar refractivity (Wildman–Crippen MR) is 136 cm³/mol. The van der Waals surface area contributed by atoms with Crippen LogP contribution < -0.4 is 14.8 Å². The molecule has 1 atom stereocenters. The molecule has 0 bridgehead atoms. The zero-order chi connectivity index (χ0) is 24.9. The lowest BCUT2D eigenvalue weighted by atomic mass is 10.0. The van der Waals surface area contributed by atoms with Gasteiger partial charge in [-0.25, -0.2) is 8.42 Å². The lowest BCUT2D eigenvalue weighted by molar-refractivity contribution is -0.117. The second-order valence-corrected chi connectivity index (χ2v) is 10.4. The van der Waals surface area contributed by atoms with E-state index in [1.165, 1.54) is 7.11 Å². The smallest absolute Gasteiger partial charge is 0.245 e. The summed E-state index contributed by atoms with van der Waals surface area (Å²) in [5, 5.41) is 2.89. The molecule has 0 saturated heterocycles. The molecule has 1 amide bonds. The summed E-state index contributed by atoms with van der Waals surface area (Å²) in [6, 6.07) is 19.1. The van der Waals surface area contributed by atoms with Crippen molar-refractivity contribution in [1.82, 2.24) is 4.72 Å². The van der Waals surface area contributed by atoms with Gasteiger partial charge in [-0.15, -0.1) is 0 Å². The van der Waals surface area contributed by atoms with Gasteiger partial charge in [0.2, 0.25) is 15.9 Å². The van der Waals surface area contributed by atoms with Crippen LogP contribution in [0.25, 0.3) is 0 Å². The average molecular weight is 481 g/mol. The highest BCUT2D eigenvalue weighted by atomic mass is 32.2. The van der Waals surface area contributed by atoms with E-state index >= 15 is 0 Å². The average Bonchev–Trinajstić information content (AvgIpc) is 2.80. The zero-order valence-corrected chi connectivity index (χ0v) is 21.1. The largest absolute Gasteiger partial charge is 0.495 e. The molecular formula is C27H32N2O4S. The molecule has 0 heterocycles. The lowest BCUT2D eigenvalue weighted by Gasteiger charge is -2.21. The van der Waals surface area contributed by atoms with Crippen LogP contribution in [-0.4, -0.2) is 27.5 Å². The Hall–Kier alpha value is -3.16. The van der Waals surface area contributed by atoms with E-state index in [2.05, 4.69) is 10.0 Å². The molecule has 180 valence electrons. The third-order valence-corrected chi connectivity index (χ3v) is 7.17. The molecule has 3 aromatic rings. The summed E-state index contributed by atoms with van der Waals surface area (Å²) < 4.78 is 34.9. The first-order valence-electron chi connectivity index (χ1n) is 11.2. The highest BCUT2D eigenvalue weighted by Crippen LogP contribution is 2.28. The van der Waals surface area contributed by atoms with Gasteiger partial charge < -0.3 is 10.1 Å². The number of anilines is 1. The Morgan fingerprint density at radius 3 is 2.29 bits per heavy atom. The van der Waals surface area contributed by atoms with E-state index in [0.29, 0.717) is 5.69 Å². The van der Waals surface area contributed by atoms with Gasteiger partial charge in [0.1, 0.15) is 16.7 Å². The first kappa shape index (κ1) is 25.5. The summed E-state index contributed by atoms with van der Waals surface area (Å²) in [6.45, 7) is 7.85. The van der Waals surface area contributed by atoms with Gasteiger partial charge in [0.15, 0.2) is 0 Å². The monoisotopic (exact) mass is 480 g/mol. The predicted octanol–water partition coefficient (Wildman–Crippen LogP) is 4.96. The quantitative estimate of drug-likeness (QED) is 0.453. The summed E-state index contributed by atoms with van der Waals surface area (Å²) >= 11 is 0. The minimum atomic E-state index is -4.07. The number of rotatable bonds is 9. The van der Waals surface area contributed by atoms with Crippen molar-refractivity contribution in [3.8, 4) is 5.75 Å². The van der Waals surface area contributed by atoms with Gasteiger partial charge in [0, 0.05) is 5.69 Å². The van der Waals surface area contributed by atoms with E-state index in [4.69, 9.17) is 4.74 Å². The van der Waals surface area contributed by atoms with E-state index in [1.54, 1.807) is 12.1 Å². The Morgan fingerprint density at radius 2 is 1.68 bits per heavy atom. The molecule has 0 radical (unpaired) electrons. The lowest BCUT2D eigenvalue weighted by Crippen LogP contribution is -2.45. The van der Waals surface area contributed by atoms with Crippen LogP contribution in [0.1, 0.15) is 42.0 Å². The zero-order valence-electron chi connectivity index (χ0n) is 20.3. The van der Waals surface area contributed by atoms with Crippen molar-refractivity contribution < 1.29 is 17.9 Å². The Bertz CT molecular complexity index is 1250. The van der Waals surface area contributed by atoms with Gasteiger partial charge in [0.05, 0.1) is 7.11 Å². The van der Waals surface area contributed by atoms with Crippen LogP contribution >= 0.6 is 0 Å². The Labute approximate surface area is 202 Å². The molecule has 34 heavy (non-hydrogen) atoms. The summed E-state index contributed by atoms with van der Waals surface area (Å²) in [6.07, 6.45) is 0.197. The molecule has 0 spiro atoms. The molecule has 0 aliphatic carbocycles. The van der Waals surface area contributed by atoms with E-state index < -0.39 is 22.0 Å². The van der Waals surface area contributed by atoms with Crippen molar-refractivity contribution in [3.05, 3.63) is 89.0 Å². The van der Waals surface area contributed by atoms with Crippen molar-refractivity contribution >= 4 is 21.6 Å². The number of nitrogens with one attached hydrogen (secondary N) is 2. The summed E-state index contributed by atoms with van der Waals surface area (Å²) in [5.41, 5.74) is 4.33. The maximum absolute atomic E-state index is 13.5. The fraction of sp³-hybridized carbons (Fsp3) is 0.296. The number of sulfonamides is 1. The SMILES string of the molecule is COc1ccc(C(C)C)cc1S(=O)(=O)NC(Cc1ccccc1)C(=O)Nc1ccc(C)cc1C. The number of carbonyl (C=O) groups is 1. The van der Waals surface area contributed by atoms with Gasteiger partial charge in [0.25, 0.3) is 0 Å². The van der Waals surface area contributed by atoms with Crippen LogP contribution in [-0.2, 0) is 21.2 Å². The number of hydrogen-bond acceptors (Lipinski definition) is 4. The molecule has 6 nitrogen and oxygen atoms in total. The van der Waals surface area contributed by atoms with Gasteiger partial charge in [-0.1, -0.05) is 67.9 Å². The molecule has 0 saturated carbocycles. The molecule has 0 aromatic heterocycles. The van der Waals surface area contributed by atoms with Crippen molar-refractivity contribution in [3.63, 3.8) is 0 Å². The first-order valence-corrected chi connectivity index (χ1v) is 12.7. The van der Waals surface area contributed by atoms with Crippen LogP contribution in [0.5, 0.6) is 5.75 Å². The van der Waals surface area contributed by atoms with Crippen LogP contribution in [0.2, 0.25) is 0 Å². The maximum atomic E-state index is 13.5. The van der Waals surface area contributed by atoms with Crippen molar-refractivity contribution in [1.29, 1.82) is 0 Å². The van der Waals surface area contributed by atoms with Crippen LogP contribution in [0, 0.1) is 13.8 Å². The Balaban J connectivity index is 1.96. The molecule has 0 aliphatic heterocycles. The highest BCUT2D eigenvalue weighted by Gasteiger charge is 2.29. The molecule has 7 heteroatoms. The number of carbonyl (C=O) groups excluding carboxylic acids is 1. The van der Waals surface area contributed by atoms with Crippen molar-refractivity contribution in [2.24, 2.45) is 0 Å². The maximum Gasteiger partial charge on any atom is 0.245 e. The van der Waals surface area contributed by atoms with Gasteiger partial charge >= 0.3 is 0 Å². The first-order chi connectivity index (χ1) is 16.1. The third kappa shape index (κ3) is 6.24. The van der Waals surface area contributed by atoms with Crippen molar-refractivity contribution in [2.45, 2.75) is 51.0 Å². The van der Waals surface area contributed by atoms with E-state index in [0.717, 1.165) is 22.3 Å². The van der Waals surface area contributed by atoms with E-state index in [9.17, 15) is 13.2 Å². The molecule has 3 aromatic carbocycles. The van der Waals surface area contributed by atoms with E-state index in [1.807, 2.05) is 82.3 Å². The minimum Gasteiger partial charge on any atom is -0.495 e. The molecule has 0 fully saturated rings. The summed E-state index contributed by atoms with van der Waals surface area (Å²) in [5.74, 6) is -0.0729. The van der Waals surface area contributed by atoms with Gasteiger partial charge in [-0.2, -0.15) is 4.72 Å². The third-order valence-electron chi connectivity index (χ3n) is 5.68. The van der Waals surface area contributed by atoms with Crippen molar-refractivity contribution in [2.75, 3.05) is 12.4 Å². The molecular weight excluding hydrogens is 448 g/mol. The Morgan fingerprint density at radius 1 is 0.971 bits per heavy atom. The highest BCUT2D eigenvalue weighted by molar-refractivity contribution is 7.89. The number of methoxy groups -OCH3 is 1. The summed E-state index contributed by atoms with van der Waals surface area (Å²) in [7, 11) is -2.64. The second kappa shape index (κ2) is 10.8. The number of ether oxygens (including phenoxy) is 1. The Kier molecular flexibility index (Phi) is 8.12. The molecule has 1 unspecified atom stereocenters. The standard InChI is InChI=1S/C27H32N2O4S/c1-18(2)22-12-14-25(33-5)26(17-22)34(31,32)29-24(16-21-9-7-6-8-10-21)27(30)28-23-13-11-19(3)15-20(23)4/h6-15,17-18,24,29H,16H2,1-5H3,(H,28,30). The van der Waals surface area contributed by atoms with Crippen LogP contribution in [0.4, 0.5) is 5.69 Å². The second-order valence-electron chi connectivity index (χ2n) is 8.74. The normalized spacial score (nSPS) is 12.4. The fourth-order valence-electron chi connectivity index (χ4n) is 3.72. The topological polar surface area (TPSA) is 84.5 Å². The number of aryl methyl sites for hydroxylation is 2. The number of hydrogen-bond donors (Lipinski definition) is 2. The van der Waals surface area contributed by atoms with Gasteiger partial charge in [-0.3, -0.25) is 4.79 Å². The minimum absolute atomic E-state index is 0.0126. The molecule has 2 N–H and O–H groups in total. The molecule has 0 aliphatic rings. The fourth-order valence-corrected chi connectivity index (χ4v) is 5.12.